The van der Waals surface area contributed by atoms with Crippen LogP contribution in [0.5, 0.6) is 0 Å². The second-order valence-electron chi connectivity index (χ2n) is 3.02. The van der Waals surface area contributed by atoms with E-state index < -0.39 is 0 Å². The molecule has 0 radical (unpaired) electrons. The summed E-state index contributed by atoms with van der Waals surface area (Å²) >= 11 is 0. The Morgan fingerprint density at radius 1 is 1.77 bits per heavy atom. The molecule has 1 aliphatic rings. The minimum Gasteiger partial charge on any atom is -0.469 e. The number of esters is 1. The number of carbonyl (C=O) groups is 1. The summed E-state index contributed by atoms with van der Waals surface area (Å²) in [6.07, 6.45) is 6.94. The van der Waals surface area contributed by atoms with Crippen LogP contribution in [0.2, 0.25) is 0 Å². The summed E-state index contributed by atoms with van der Waals surface area (Å²) in [6.45, 7) is 0. The van der Waals surface area contributed by atoms with Crippen LogP contribution in [-0.2, 0) is 9.53 Å². The van der Waals surface area contributed by atoms with E-state index in [-0.39, 0.29) is 12.1 Å². The first-order chi connectivity index (χ1) is 6.22. The van der Waals surface area contributed by atoms with Crippen LogP contribution in [-0.4, -0.2) is 24.3 Å². The monoisotopic (exact) mass is 182 g/mol. The number of methoxy groups -OCH3 is 1. The average Bonchev–Trinajstić information content (AvgIpc) is 2.16. The van der Waals surface area contributed by atoms with Crippen LogP contribution in [0.25, 0.3) is 0 Å². The van der Waals surface area contributed by atoms with E-state index in [2.05, 4.69) is 4.74 Å². The molecular formula is C10H14O3. The molecule has 0 fully saturated rings. The summed E-state index contributed by atoms with van der Waals surface area (Å²) in [4.78, 5) is 10.8. The largest absolute Gasteiger partial charge is 0.469 e. The van der Waals surface area contributed by atoms with E-state index in [0.29, 0.717) is 19.3 Å². The van der Waals surface area contributed by atoms with Gasteiger partial charge in [-0.2, -0.15) is 0 Å². The number of allylic oxidation sites excluding steroid dienone is 2. The molecule has 1 rings (SSSR count). The molecule has 0 aromatic rings. The van der Waals surface area contributed by atoms with Crippen molar-refractivity contribution in [1.29, 1.82) is 0 Å². The predicted molar refractivity (Wildman–Crippen MR) is 49.1 cm³/mol. The van der Waals surface area contributed by atoms with E-state index in [1.165, 1.54) is 7.11 Å². The van der Waals surface area contributed by atoms with Gasteiger partial charge in [0.2, 0.25) is 0 Å². The van der Waals surface area contributed by atoms with Crippen molar-refractivity contribution in [3.8, 4) is 0 Å². The molecule has 0 saturated carbocycles. The minimum absolute atomic E-state index is 0.194. The van der Waals surface area contributed by atoms with Crippen molar-refractivity contribution in [2.24, 2.45) is 0 Å². The maximum absolute atomic E-state index is 10.8. The summed E-state index contributed by atoms with van der Waals surface area (Å²) in [7, 11) is 1.39. The maximum Gasteiger partial charge on any atom is 0.305 e. The first-order valence-electron chi connectivity index (χ1n) is 4.34. The molecule has 72 valence electrons. The van der Waals surface area contributed by atoms with E-state index in [1.807, 2.05) is 12.2 Å². The fourth-order valence-corrected chi connectivity index (χ4v) is 1.19. The molecule has 0 aromatic carbocycles. The minimum atomic E-state index is -0.359. The van der Waals surface area contributed by atoms with Gasteiger partial charge in [0.15, 0.2) is 0 Å². The van der Waals surface area contributed by atoms with Crippen molar-refractivity contribution in [1.82, 2.24) is 0 Å². The number of hydrogen-bond acceptors (Lipinski definition) is 3. The van der Waals surface area contributed by atoms with Crippen molar-refractivity contribution >= 4 is 5.97 Å². The Labute approximate surface area is 77.7 Å². The number of aliphatic hydroxyl groups is 1. The fourth-order valence-electron chi connectivity index (χ4n) is 1.19. The van der Waals surface area contributed by atoms with Crippen molar-refractivity contribution in [2.45, 2.75) is 25.4 Å². The molecule has 13 heavy (non-hydrogen) atoms. The predicted octanol–water partition coefficient (Wildman–Crippen LogP) is 1.19. The lowest BCUT2D eigenvalue weighted by Crippen LogP contribution is -2.05. The van der Waals surface area contributed by atoms with Gasteiger partial charge < -0.3 is 9.84 Å². The van der Waals surface area contributed by atoms with Crippen molar-refractivity contribution < 1.29 is 14.6 Å². The molecule has 0 aliphatic heterocycles. The van der Waals surface area contributed by atoms with Crippen LogP contribution in [0, 0.1) is 0 Å². The van der Waals surface area contributed by atoms with Crippen molar-refractivity contribution in [2.75, 3.05) is 7.11 Å². The highest BCUT2D eigenvalue weighted by molar-refractivity contribution is 5.69. The lowest BCUT2D eigenvalue weighted by atomic mass is 10.0. The summed E-state index contributed by atoms with van der Waals surface area (Å²) in [6, 6.07) is 0. The van der Waals surface area contributed by atoms with Gasteiger partial charge in [-0.15, -0.1) is 0 Å². The molecule has 3 heteroatoms. The second-order valence-corrected chi connectivity index (χ2v) is 3.02. The third-order valence-corrected chi connectivity index (χ3v) is 2.00. The Kier molecular flexibility index (Phi) is 3.71. The van der Waals surface area contributed by atoms with Gasteiger partial charge in [0.25, 0.3) is 0 Å². The lowest BCUT2D eigenvalue weighted by molar-refractivity contribution is -0.140. The zero-order valence-electron chi connectivity index (χ0n) is 7.69. The highest BCUT2D eigenvalue weighted by atomic mass is 16.5. The Morgan fingerprint density at radius 2 is 2.54 bits per heavy atom. The van der Waals surface area contributed by atoms with E-state index in [9.17, 15) is 4.79 Å². The normalized spacial score (nSPS) is 21.1. The molecular weight excluding hydrogens is 168 g/mol. The summed E-state index contributed by atoms with van der Waals surface area (Å²) in [5.74, 6) is -0.194. The molecule has 1 atom stereocenters. The van der Waals surface area contributed by atoms with Crippen LogP contribution in [0.3, 0.4) is 0 Å². The molecule has 0 heterocycles. The van der Waals surface area contributed by atoms with Crippen LogP contribution < -0.4 is 0 Å². The highest BCUT2D eigenvalue weighted by Gasteiger charge is 2.06. The van der Waals surface area contributed by atoms with Gasteiger partial charge in [0.1, 0.15) is 0 Å². The third kappa shape index (κ3) is 3.42. The third-order valence-electron chi connectivity index (χ3n) is 2.00. The van der Waals surface area contributed by atoms with E-state index in [1.54, 1.807) is 6.08 Å². The van der Waals surface area contributed by atoms with E-state index in [0.717, 1.165) is 5.57 Å². The number of aliphatic hydroxyl groups excluding tert-OH is 1. The number of hydrogen-bond donors (Lipinski definition) is 1. The van der Waals surface area contributed by atoms with Gasteiger partial charge in [-0.25, -0.2) is 0 Å². The fraction of sp³-hybridized carbons (Fsp3) is 0.500. The van der Waals surface area contributed by atoms with E-state index >= 15 is 0 Å². The molecule has 0 saturated heterocycles. The quantitative estimate of drug-likeness (QED) is 0.667. The first kappa shape index (κ1) is 9.99. The van der Waals surface area contributed by atoms with Crippen LogP contribution >= 0.6 is 0 Å². The second kappa shape index (κ2) is 4.82. The number of rotatable bonds is 3. The Hall–Kier alpha value is -1.09. The molecule has 1 N–H and O–H groups in total. The summed E-state index contributed by atoms with van der Waals surface area (Å²) in [5, 5.41) is 9.13. The smallest absolute Gasteiger partial charge is 0.305 e. The Morgan fingerprint density at radius 3 is 3.08 bits per heavy atom. The standard InChI is InChI=1S/C10H14O3/c1-13-10(12)7-4-8-2-5-9(11)6-3-8/h2-3,5,9,11H,4,6-7H2,1H3. The van der Waals surface area contributed by atoms with Gasteiger partial charge in [0.05, 0.1) is 13.2 Å². The van der Waals surface area contributed by atoms with Crippen LogP contribution in [0.1, 0.15) is 19.3 Å². The number of ether oxygens (including phenoxy) is 1. The topological polar surface area (TPSA) is 46.5 Å². The molecule has 1 unspecified atom stereocenters. The summed E-state index contributed by atoms with van der Waals surface area (Å²) in [5.41, 5.74) is 1.09. The molecule has 3 nitrogen and oxygen atoms in total. The highest BCUT2D eigenvalue weighted by Crippen LogP contribution is 2.15. The van der Waals surface area contributed by atoms with Crippen LogP contribution in [0.15, 0.2) is 23.8 Å². The Balaban J connectivity index is 2.31. The Bertz CT molecular complexity index is 241. The van der Waals surface area contributed by atoms with Gasteiger partial charge in [-0.1, -0.05) is 23.8 Å². The molecule has 0 bridgehead atoms. The number of carbonyl (C=O) groups excluding carboxylic acids is 1. The zero-order valence-corrected chi connectivity index (χ0v) is 7.69. The van der Waals surface area contributed by atoms with Gasteiger partial charge in [-0.05, 0) is 12.8 Å². The van der Waals surface area contributed by atoms with Crippen molar-refractivity contribution in [3.63, 3.8) is 0 Å². The molecule has 0 aromatic heterocycles. The van der Waals surface area contributed by atoms with Crippen LogP contribution in [0.4, 0.5) is 0 Å². The maximum atomic E-state index is 10.8. The molecule has 0 spiro atoms. The van der Waals surface area contributed by atoms with Gasteiger partial charge >= 0.3 is 5.97 Å². The van der Waals surface area contributed by atoms with Crippen molar-refractivity contribution in [3.05, 3.63) is 23.8 Å². The molecule has 1 aliphatic carbocycles. The SMILES string of the molecule is COC(=O)CCC1=CCC(O)C=C1. The summed E-state index contributed by atoms with van der Waals surface area (Å²) < 4.78 is 4.52. The van der Waals surface area contributed by atoms with E-state index in [4.69, 9.17) is 5.11 Å². The first-order valence-corrected chi connectivity index (χ1v) is 4.34. The average molecular weight is 182 g/mol. The molecule has 0 amide bonds. The van der Waals surface area contributed by atoms with Gasteiger partial charge in [0, 0.05) is 6.42 Å². The zero-order chi connectivity index (χ0) is 9.68. The van der Waals surface area contributed by atoms with Gasteiger partial charge in [-0.3, -0.25) is 4.79 Å². The lowest BCUT2D eigenvalue weighted by Gasteiger charge is -2.10.